The van der Waals surface area contributed by atoms with E-state index in [1.807, 2.05) is 36.4 Å². The highest BCUT2D eigenvalue weighted by molar-refractivity contribution is 6.59. The second-order valence-corrected chi connectivity index (χ2v) is 7.70. The second kappa shape index (κ2) is 6.46. The van der Waals surface area contributed by atoms with Crippen LogP contribution in [-0.2, 0) is 0 Å². The molecule has 0 unspecified atom stereocenters. The fraction of sp³-hybridized carbons (Fsp3) is 0. The maximum atomic E-state index is 9.92. The molecule has 0 fully saturated rings. The first-order chi connectivity index (χ1) is 14.7. The Labute approximate surface area is 173 Å². The fourth-order valence-corrected chi connectivity index (χ4v) is 4.56. The molecule has 0 aliphatic heterocycles. The van der Waals surface area contributed by atoms with E-state index in [0.717, 1.165) is 27.5 Å². The van der Waals surface area contributed by atoms with Crippen LogP contribution >= 0.6 is 0 Å². The van der Waals surface area contributed by atoms with Crippen molar-refractivity contribution in [1.29, 1.82) is 0 Å². The predicted molar refractivity (Wildman–Crippen MR) is 126 cm³/mol. The molecule has 3 nitrogen and oxygen atoms in total. The first-order valence-corrected chi connectivity index (χ1v) is 10.0. The van der Waals surface area contributed by atoms with Crippen LogP contribution < -0.4 is 5.46 Å². The molecular weight excluding hydrogens is 369 g/mol. The van der Waals surface area contributed by atoms with E-state index in [9.17, 15) is 10.0 Å². The van der Waals surface area contributed by atoms with Crippen LogP contribution in [0.15, 0.2) is 97.1 Å². The maximum Gasteiger partial charge on any atom is 0.488 e. The van der Waals surface area contributed by atoms with Gasteiger partial charge in [0.15, 0.2) is 0 Å². The Morgan fingerprint density at radius 3 is 1.93 bits per heavy atom. The standard InChI is InChI=1S/C26H18BNO2/c29-27(30)20-13-19-9-3-4-10-21(19)26(16-20)28-24-12-6-5-11-22(24)23-14-17-7-1-2-8-18(17)15-25(23)28/h1-16,29-30H. The molecular formula is C26H18BNO2. The molecule has 1 aromatic heterocycles. The third-order valence-electron chi connectivity index (χ3n) is 5.94. The van der Waals surface area contributed by atoms with E-state index in [1.54, 1.807) is 0 Å². The summed E-state index contributed by atoms with van der Waals surface area (Å²) in [6.07, 6.45) is 0. The van der Waals surface area contributed by atoms with E-state index in [-0.39, 0.29) is 0 Å². The number of para-hydroxylation sites is 1. The fourth-order valence-electron chi connectivity index (χ4n) is 4.56. The van der Waals surface area contributed by atoms with Gasteiger partial charge in [0, 0.05) is 16.2 Å². The largest absolute Gasteiger partial charge is 0.488 e. The smallest absolute Gasteiger partial charge is 0.423 e. The van der Waals surface area contributed by atoms with Crippen LogP contribution in [0, 0.1) is 0 Å². The molecule has 0 aliphatic carbocycles. The average molecular weight is 387 g/mol. The molecule has 0 atom stereocenters. The minimum absolute atomic E-state index is 0.482. The van der Waals surface area contributed by atoms with Crippen molar-refractivity contribution >= 4 is 55.9 Å². The summed E-state index contributed by atoms with van der Waals surface area (Å²) < 4.78 is 2.24. The van der Waals surface area contributed by atoms with Gasteiger partial charge in [-0.05, 0) is 45.9 Å². The molecule has 0 amide bonds. The molecule has 0 bridgehead atoms. The van der Waals surface area contributed by atoms with Gasteiger partial charge in [0.05, 0.1) is 16.7 Å². The summed E-state index contributed by atoms with van der Waals surface area (Å²) in [5, 5.41) is 26.6. The Morgan fingerprint density at radius 1 is 0.533 bits per heavy atom. The zero-order chi connectivity index (χ0) is 20.2. The average Bonchev–Trinajstić information content (AvgIpc) is 3.10. The monoisotopic (exact) mass is 387 g/mol. The van der Waals surface area contributed by atoms with Crippen LogP contribution in [0.4, 0.5) is 0 Å². The summed E-state index contributed by atoms with van der Waals surface area (Å²) in [5.41, 5.74) is 3.62. The summed E-state index contributed by atoms with van der Waals surface area (Å²) in [6, 6.07) is 33.0. The Balaban J connectivity index is 1.84. The highest BCUT2D eigenvalue weighted by Gasteiger charge is 2.18. The van der Waals surface area contributed by atoms with Crippen molar-refractivity contribution in [2.75, 3.05) is 0 Å². The van der Waals surface area contributed by atoms with Crippen molar-refractivity contribution in [3.8, 4) is 5.69 Å². The molecule has 6 aromatic rings. The number of fused-ring (bicyclic) bond motifs is 5. The molecule has 30 heavy (non-hydrogen) atoms. The maximum absolute atomic E-state index is 9.92. The molecule has 2 N–H and O–H groups in total. The van der Waals surface area contributed by atoms with Gasteiger partial charge in [0.1, 0.15) is 0 Å². The van der Waals surface area contributed by atoms with Gasteiger partial charge in [-0.2, -0.15) is 0 Å². The van der Waals surface area contributed by atoms with Crippen LogP contribution in [0.5, 0.6) is 0 Å². The van der Waals surface area contributed by atoms with Gasteiger partial charge in [-0.25, -0.2) is 0 Å². The van der Waals surface area contributed by atoms with Crippen LogP contribution in [-0.4, -0.2) is 21.7 Å². The SMILES string of the molecule is OB(O)c1cc(-n2c3ccccc3c3cc4ccccc4cc32)c2ccccc2c1. The summed E-state index contributed by atoms with van der Waals surface area (Å²) in [4.78, 5) is 0. The molecule has 0 saturated heterocycles. The van der Waals surface area contributed by atoms with E-state index in [1.165, 1.54) is 21.5 Å². The van der Waals surface area contributed by atoms with E-state index in [0.29, 0.717) is 5.46 Å². The lowest BCUT2D eigenvalue weighted by atomic mass is 9.79. The van der Waals surface area contributed by atoms with Crippen LogP contribution in [0.1, 0.15) is 0 Å². The quantitative estimate of drug-likeness (QED) is 0.421. The van der Waals surface area contributed by atoms with E-state index in [4.69, 9.17) is 0 Å². The summed E-state index contributed by atoms with van der Waals surface area (Å²) in [6.45, 7) is 0. The number of hydrogen-bond donors (Lipinski definition) is 2. The van der Waals surface area contributed by atoms with E-state index >= 15 is 0 Å². The molecule has 0 radical (unpaired) electrons. The van der Waals surface area contributed by atoms with Crippen LogP contribution in [0.3, 0.4) is 0 Å². The molecule has 0 spiro atoms. The highest BCUT2D eigenvalue weighted by atomic mass is 16.4. The zero-order valence-electron chi connectivity index (χ0n) is 16.2. The summed E-state index contributed by atoms with van der Waals surface area (Å²) in [7, 11) is -1.53. The zero-order valence-corrected chi connectivity index (χ0v) is 16.2. The van der Waals surface area contributed by atoms with Crippen molar-refractivity contribution < 1.29 is 10.0 Å². The molecule has 142 valence electrons. The minimum Gasteiger partial charge on any atom is -0.423 e. The van der Waals surface area contributed by atoms with Crippen molar-refractivity contribution in [3.05, 3.63) is 97.1 Å². The van der Waals surface area contributed by atoms with Crippen LogP contribution in [0.2, 0.25) is 0 Å². The lowest BCUT2D eigenvalue weighted by Gasteiger charge is -2.14. The minimum atomic E-state index is -1.53. The summed E-state index contributed by atoms with van der Waals surface area (Å²) in [5.74, 6) is 0. The van der Waals surface area contributed by atoms with Crippen LogP contribution in [0.25, 0.3) is 49.0 Å². The lowest BCUT2D eigenvalue weighted by Crippen LogP contribution is -2.30. The van der Waals surface area contributed by atoms with Crippen molar-refractivity contribution in [2.45, 2.75) is 0 Å². The Hall–Kier alpha value is -3.60. The Kier molecular flexibility index (Phi) is 3.72. The molecule has 0 aliphatic rings. The van der Waals surface area contributed by atoms with Crippen molar-refractivity contribution in [2.24, 2.45) is 0 Å². The molecule has 1 heterocycles. The van der Waals surface area contributed by atoms with Crippen molar-refractivity contribution in [1.82, 2.24) is 4.57 Å². The van der Waals surface area contributed by atoms with Gasteiger partial charge in [-0.3, -0.25) is 0 Å². The third kappa shape index (κ3) is 2.48. The molecule has 5 aromatic carbocycles. The van der Waals surface area contributed by atoms with E-state index in [2.05, 4.69) is 65.2 Å². The number of benzene rings is 5. The lowest BCUT2D eigenvalue weighted by molar-refractivity contribution is 0.426. The normalized spacial score (nSPS) is 11.7. The predicted octanol–water partition coefficient (Wildman–Crippen LogP) is 4.77. The molecule has 0 saturated carbocycles. The number of aromatic nitrogens is 1. The Bertz CT molecular complexity index is 1580. The van der Waals surface area contributed by atoms with Crippen molar-refractivity contribution in [3.63, 3.8) is 0 Å². The number of rotatable bonds is 2. The third-order valence-corrected chi connectivity index (χ3v) is 5.94. The number of nitrogens with zero attached hydrogens (tertiary/aromatic N) is 1. The molecule has 6 rings (SSSR count). The molecule has 4 heteroatoms. The Morgan fingerprint density at radius 2 is 1.17 bits per heavy atom. The second-order valence-electron chi connectivity index (χ2n) is 7.70. The van der Waals surface area contributed by atoms with Gasteiger partial charge in [-0.1, -0.05) is 72.8 Å². The van der Waals surface area contributed by atoms with E-state index < -0.39 is 7.12 Å². The van der Waals surface area contributed by atoms with Gasteiger partial charge in [0.2, 0.25) is 0 Å². The first kappa shape index (κ1) is 17.3. The summed E-state index contributed by atoms with van der Waals surface area (Å²) >= 11 is 0. The van der Waals surface area contributed by atoms with Gasteiger partial charge in [-0.15, -0.1) is 0 Å². The topological polar surface area (TPSA) is 45.4 Å². The van der Waals surface area contributed by atoms with Gasteiger partial charge < -0.3 is 14.6 Å². The first-order valence-electron chi connectivity index (χ1n) is 10.0. The highest BCUT2D eigenvalue weighted by Crippen LogP contribution is 2.36. The van der Waals surface area contributed by atoms with Gasteiger partial charge >= 0.3 is 7.12 Å². The number of hydrogen-bond acceptors (Lipinski definition) is 2. The van der Waals surface area contributed by atoms with Gasteiger partial charge in [0.25, 0.3) is 0 Å².